The summed E-state index contributed by atoms with van der Waals surface area (Å²) in [5.41, 5.74) is 0. The number of nitrogens with one attached hydrogen (secondary N) is 1. The van der Waals surface area contributed by atoms with Crippen molar-refractivity contribution in [3.63, 3.8) is 0 Å². The second kappa shape index (κ2) is 7.24. The first-order valence-corrected chi connectivity index (χ1v) is 6.10. The molecule has 0 saturated carbocycles. The second-order valence-electron chi connectivity index (χ2n) is 4.79. The van der Waals surface area contributed by atoms with Crippen LogP contribution in [0, 0.1) is 5.92 Å². The van der Waals surface area contributed by atoms with Gasteiger partial charge in [0.2, 0.25) is 0 Å². The van der Waals surface area contributed by atoms with Crippen LogP contribution in [0.3, 0.4) is 0 Å². The molecule has 0 radical (unpaired) electrons. The minimum atomic E-state index is 0.658. The lowest BCUT2D eigenvalue weighted by Crippen LogP contribution is -2.46. The minimum absolute atomic E-state index is 0.658. The monoisotopic (exact) mass is 199 g/mol. The van der Waals surface area contributed by atoms with Gasteiger partial charge in [0.15, 0.2) is 0 Å². The molecule has 0 bridgehead atoms. The number of hydrogen-bond acceptors (Lipinski definition) is 2. The molecule has 1 aliphatic heterocycles. The smallest absolute Gasteiger partial charge is 0.0643 e. The molecule has 84 valence electrons. The van der Waals surface area contributed by atoms with Gasteiger partial charge in [-0.15, -0.1) is 0 Å². The number of ether oxygens (including phenoxy) is 1. The Morgan fingerprint density at radius 3 is 2.43 bits per heavy atom. The van der Waals surface area contributed by atoms with Gasteiger partial charge in [0.1, 0.15) is 0 Å². The first-order valence-electron chi connectivity index (χ1n) is 6.10. The molecule has 0 aliphatic carbocycles. The summed E-state index contributed by atoms with van der Waals surface area (Å²) in [5.74, 6) is 0.875. The third kappa shape index (κ3) is 5.61. The van der Waals surface area contributed by atoms with E-state index in [1.807, 2.05) is 0 Å². The highest BCUT2D eigenvalue weighted by Gasteiger charge is 2.16. The molecule has 0 atom stereocenters. The fraction of sp³-hybridized carbons (Fsp3) is 1.00. The maximum Gasteiger partial charge on any atom is 0.0643 e. The van der Waals surface area contributed by atoms with Crippen LogP contribution in [0.25, 0.3) is 0 Å². The van der Waals surface area contributed by atoms with E-state index in [9.17, 15) is 0 Å². The molecule has 1 saturated heterocycles. The van der Waals surface area contributed by atoms with Crippen LogP contribution in [-0.2, 0) is 4.74 Å². The molecule has 0 amide bonds. The van der Waals surface area contributed by atoms with Gasteiger partial charge in [-0.2, -0.15) is 0 Å². The molecule has 0 spiro atoms. The molecule has 0 unspecified atom stereocenters. The zero-order valence-electron chi connectivity index (χ0n) is 9.72. The van der Waals surface area contributed by atoms with Crippen LogP contribution in [0.4, 0.5) is 0 Å². The highest BCUT2D eigenvalue weighted by atomic mass is 16.5. The fourth-order valence-electron chi connectivity index (χ4n) is 1.69. The van der Waals surface area contributed by atoms with E-state index in [4.69, 9.17) is 4.74 Å². The third-order valence-electron chi connectivity index (χ3n) is 2.78. The van der Waals surface area contributed by atoms with Crippen LogP contribution >= 0.6 is 0 Å². The van der Waals surface area contributed by atoms with Crippen LogP contribution < -0.4 is 5.32 Å². The Kier molecular flexibility index (Phi) is 6.20. The lowest BCUT2D eigenvalue weighted by molar-refractivity contribution is -0.00497. The van der Waals surface area contributed by atoms with Crippen molar-refractivity contribution in [1.82, 2.24) is 5.32 Å². The molecular weight excluding hydrogens is 174 g/mol. The molecule has 0 aromatic heterocycles. The SMILES string of the molecule is CC(C)CCCCCCNC1COC1. The van der Waals surface area contributed by atoms with Gasteiger partial charge in [-0.3, -0.25) is 0 Å². The Labute approximate surface area is 88.4 Å². The predicted octanol–water partition coefficient (Wildman–Crippen LogP) is 2.58. The standard InChI is InChI=1S/C12H25NO/c1-11(2)7-5-3-4-6-8-13-12-9-14-10-12/h11-13H,3-10H2,1-2H3. The van der Waals surface area contributed by atoms with E-state index in [1.54, 1.807) is 0 Å². The van der Waals surface area contributed by atoms with E-state index in [0.717, 1.165) is 19.1 Å². The molecule has 2 heteroatoms. The molecule has 2 nitrogen and oxygen atoms in total. The third-order valence-corrected chi connectivity index (χ3v) is 2.78. The van der Waals surface area contributed by atoms with Crippen molar-refractivity contribution < 1.29 is 4.74 Å². The molecule has 1 N–H and O–H groups in total. The topological polar surface area (TPSA) is 21.3 Å². The maximum atomic E-state index is 5.09. The Hall–Kier alpha value is -0.0800. The molecule has 1 rings (SSSR count). The summed E-state index contributed by atoms with van der Waals surface area (Å²) in [5, 5.41) is 3.49. The van der Waals surface area contributed by atoms with E-state index in [1.165, 1.54) is 38.6 Å². The number of unbranched alkanes of at least 4 members (excludes halogenated alkanes) is 3. The van der Waals surface area contributed by atoms with Gasteiger partial charge in [-0.05, 0) is 18.9 Å². The number of hydrogen-bond donors (Lipinski definition) is 1. The average Bonchev–Trinajstić information content (AvgIpc) is 2.06. The normalized spacial score (nSPS) is 17.4. The second-order valence-corrected chi connectivity index (χ2v) is 4.79. The summed E-state index contributed by atoms with van der Waals surface area (Å²) in [4.78, 5) is 0. The molecule has 0 aromatic carbocycles. The molecule has 1 heterocycles. The van der Waals surface area contributed by atoms with Crippen LogP contribution in [0.1, 0.15) is 46.0 Å². The van der Waals surface area contributed by atoms with Gasteiger partial charge in [-0.25, -0.2) is 0 Å². The van der Waals surface area contributed by atoms with E-state index >= 15 is 0 Å². The van der Waals surface area contributed by atoms with Gasteiger partial charge in [0, 0.05) is 0 Å². The van der Waals surface area contributed by atoms with Crippen molar-refractivity contribution in [2.24, 2.45) is 5.92 Å². The Bertz CT molecular complexity index is 132. The lowest BCUT2D eigenvalue weighted by atomic mass is 10.0. The molecule has 1 fully saturated rings. The number of rotatable bonds is 8. The Morgan fingerprint density at radius 2 is 1.86 bits per heavy atom. The van der Waals surface area contributed by atoms with Crippen LogP contribution in [0.2, 0.25) is 0 Å². The van der Waals surface area contributed by atoms with E-state index in [-0.39, 0.29) is 0 Å². The first kappa shape index (κ1) is 12.0. The summed E-state index contributed by atoms with van der Waals surface area (Å²) < 4.78 is 5.09. The van der Waals surface area contributed by atoms with Gasteiger partial charge in [0.25, 0.3) is 0 Å². The average molecular weight is 199 g/mol. The molecule has 0 aromatic rings. The van der Waals surface area contributed by atoms with Crippen molar-refractivity contribution in [2.45, 2.75) is 52.0 Å². The van der Waals surface area contributed by atoms with Crippen LogP contribution in [0.5, 0.6) is 0 Å². The molecular formula is C12H25NO. The lowest BCUT2D eigenvalue weighted by Gasteiger charge is -2.26. The minimum Gasteiger partial charge on any atom is -0.378 e. The summed E-state index contributed by atoms with van der Waals surface area (Å²) in [7, 11) is 0. The fourth-order valence-corrected chi connectivity index (χ4v) is 1.69. The van der Waals surface area contributed by atoms with Crippen LogP contribution in [-0.4, -0.2) is 25.8 Å². The maximum absolute atomic E-state index is 5.09. The summed E-state index contributed by atoms with van der Waals surface area (Å²) >= 11 is 0. The van der Waals surface area contributed by atoms with E-state index in [2.05, 4.69) is 19.2 Å². The van der Waals surface area contributed by atoms with E-state index in [0.29, 0.717) is 6.04 Å². The Balaban J connectivity index is 1.71. The highest BCUT2D eigenvalue weighted by molar-refractivity contribution is 4.72. The van der Waals surface area contributed by atoms with Crippen molar-refractivity contribution in [2.75, 3.05) is 19.8 Å². The Morgan fingerprint density at radius 1 is 1.14 bits per heavy atom. The van der Waals surface area contributed by atoms with Crippen molar-refractivity contribution in [1.29, 1.82) is 0 Å². The highest BCUT2D eigenvalue weighted by Crippen LogP contribution is 2.09. The van der Waals surface area contributed by atoms with E-state index < -0.39 is 0 Å². The summed E-state index contributed by atoms with van der Waals surface area (Å²) in [6, 6.07) is 0.658. The largest absolute Gasteiger partial charge is 0.378 e. The van der Waals surface area contributed by atoms with Crippen molar-refractivity contribution in [3.8, 4) is 0 Å². The van der Waals surface area contributed by atoms with Gasteiger partial charge in [-0.1, -0.05) is 39.5 Å². The predicted molar refractivity (Wildman–Crippen MR) is 60.5 cm³/mol. The zero-order chi connectivity index (χ0) is 10.2. The summed E-state index contributed by atoms with van der Waals surface area (Å²) in [6.07, 6.45) is 6.91. The van der Waals surface area contributed by atoms with Crippen molar-refractivity contribution in [3.05, 3.63) is 0 Å². The van der Waals surface area contributed by atoms with Gasteiger partial charge < -0.3 is 10.1 Å². The quantitative estimate of drug-likeness (QED) is 0.607. The zero-order valence-corrected chi connectivity index (χ0v) is 9.72. The van der Waals surface area contributed by atoms with Gasteiger partial charge >= 0.3 is 0 Å². The first-order chi connectivity index (χ1) is 6.79. The summed E-state index contributed by atoms with van der Waals surface area (Å²) in [6.45, 7) is 7.63. The van der Waals surface area contributed by atoms with Crippen LogP contribution in [0.15, 0.2) is 0 Å². The molecule has 1 aliphatic rings. The van der Waals surface area contributed by atoms with Gasteiger partial charge in [0.05, 0.1) is 19.3 Å². The van der Waals surface area contributed by atoms with Crippen molar-refractivity contribution >= 4 is 0 Å². The molecule has 14 heavy (non-hydrogen) atoms.